The number of alkyl halides is 3. The molecule has 1 aromatic rings. The van der Waals surface area contributed by atoms with Crippen molar-refractivity contribution in [1.82, 2.24) is 4.98 Å². The molecule has 0 amide bonds. The van der Waals surface area contributed by atoms with Crippen LogP contribution >= 0.6 is 12.4 Å². The zero-order valence-corrected chi connectivity index (χ0v) is 8.75. The van der Waals surface area contributed by atoms with Gasteiger partial charge in [0.05, 0.1) is 16.9 Å². The number of halogens is 4. The second kappa shape index (κ2) is 4.67. The Hall–Kier alpha value is -1.01. The standard InChI is InChI=1S/C8H10F3N3.ClH/c1-4-7(13)6(8(9,10)11)5(2-12)3-14-4;/h3H,2,12-13H2,1H3;1H. The molecule has 0 saturated carbocycles. The second-order valence-corrected chi connectivity index (χ2v) is 2.86. The third-order valence-electron chi connectivity index (χ3n) is 1.90. The molecule has 0 aliphatic rings. The van der Waals surface area contributed by atoms with E-state index in [1.165, 1.54) is 6.92 Å². The average molecular weight is 242 g/mol. The van der Waals surface area contributed by atoms with E-state index in [-0.39, 0.29) is 35.9 Å². The maximum Gasteiger partial charge on any atom is 0.418 e. The van der Waals surface area contributed by atoms with Crippen LogP contribution in [0.1, 0.15) is 16.8 Å². The van der Waals surface area contributed by atoms with Crippen LogP contribution in [0.5, 0.6) is 0 Å². The highest BCUT2D eigenvalue weighted by atomic mass is 35.5. The molecule has 1 heterocycles. The summed E-state index contributed by atoms with van der Waals surface area (Å²) < 4.78 is 37.5. The molecule has 0 atom stereocenters. The number of nitrogens with zero attached hydrogens (tertiary/aromatic N) is 1. The van der Waals surface area contributed by atoms with E-state index in [1.54, 1.807) is 0 Å². The van der Waals surface area contributed by atoms with Gasteiger partial charge in [-0.3, -0.25) is 4.98 Å². The number of nitrogens with two attached hydrogens (primary N) is 2. The van der Waals surface area contributed by atoms with Crippen molar-refractivity contribution in [3.63, 3.8) is 0 Å². The number of rotatable bonds is 1. The highest BCUT2D eigenvalue weighted by Gasteiger charge is 2.36. The molecule has 1 rings (SSSR count). The first-order valence-corrected chi connectivity index (χ1v) is 3.89. The topological polar surface area (TPSA) is 64.9 Å². The van der Waals surface area contributed by atoms with Crippen LogP contribution in [0.3, 0.4) is 0 Å². The van der Waals surface area contributed by atoms with E-state index in [4.69, 9.17) is 11.5 Å². The SMILES string of the molecule is Cc1ncc(CN)c(C(F)(F)F)c1N.Cl. The van der Waals surface area contributed by atoms with Crippen molar-refractivity contribution in [3.05, 3.63) is 23.0 Å². The van der Waals surface area contributed by atoms with E-state index in [0.29, 0.717) is 0 Å². The lowest BCUT2D eigenvalue weighted by atomic mass is 10.1. The second-order valence-electron chi connectivity index (χ2n) is 2.86. The van der Waals surface area contributed by atoms with Gasteiger partial charge >= 0.3 is 6.18 Å². The number of hydrogen-bond acceptors (Lipinski definition) is 3. The summed E-state index contributed by atoms with van der Waals surface area (Å²) >= 11 is 0. The van der Waals surface area contributed by atoms with E-state index in [0.717, 1.165) is 6.20 Å². The van der Waals surface area contributed by atoms with Crippen molar-refractivity contribution in [1.29, 1.82) is 0 Å². The quantitative estimate of drug-likeness (QED) is 0.789. The molecule has 0 saturated heterocycles. The molecular formula is C8H11ClF3N3. The monoisotopic (exact) mass is 241 g/mol. The van der Waals surface area contributed by atoms with Crippen LogP contribution in [-0.4, -0.2) is 4.98 Å². The maximum absolute atomic E-state index is 12.5. The molecular weight excluding hydrogens is 231 g/mol. The van der Waals surface area contributed by atoms with Gasteiger partial charge in [0.15, 0.2) is 0 Å². The van der Waals surface area contributed by atoms with Crippen LogP contribution in [0.25, 0.3) is 0 Å². The number of aryl methyl sites for hydroxylation is 1. The van der Waals surface area contributed by atoms with Crippen LogP contribution in [0.2, 0.25) is 0 Å². The molecule has 4 N–H and O–H groups in total. The number of pyridine rings is 1. The molecule has 0 fully saturated rings. The summed E-state index contributed by atoms with van der Waals surface area (Å²) in [6.07, 6.45) is -3.37. The zero-order valence-electron chi connectivity index (χ0n) is 7.93. The summed E-state index contributed by atoms with van der Waals surface area (Å²) in [5, 5.41) is 0. The lowest BCUT2D eigenvalue weighted by molar-refractivity contribution is -0.137. The van der Waals surface area contributed by atoms with Crippen LogP contribution in [0, 0.1) is 6.92 Å². The summed E-state index contributed by atoms with van der Waals surface area (Å²) in [6.45, 7) is 1.19. The minimum atomic E-state index is -4.48. The Bertz CT molecular complexity index is 352. The van der Waals surface area contributed by atoms with Gasteiger partial charge in [-0.1, -0.05) is 0 Å². The van der Waals surface area contributed by atoms with Gasteiger partial charge in [0, 0.05) is 12.7 Å². The van der Waals surface area contributed by atoms with Crippen molar-refractivity contribution >= 4 is 18.1 Å². The summed E-state index contributed by atoms with van der Waals surface area (Å²) in [4.78, 5) is 3.72. The van der Waals surface area contributed by atoms with Crippen molar-refractivity contribution in [2.75, 3.05) is 5.73 Å². The Kier molecular flexibility index (Phi) is 4.36. The molecule has 0 spiro atoms. The molecule has 15 heavy (non-hydrogen) atoms. The maximum atomic E-state index is 12.5. The molecule has 0 aliphatic heterocycles. The van der Waals surface area contributed by atoms with Gasteiger partial charge in [-0.25, -0.2) is 0 Å². The Morgan fingerprint density at radius 1 is 1.40 bits per heavy atom. The van der Waals surface area contributed by atoms with E-state index in [9.17, 15) is 13.2 Å². The van der Waals surface area contributed by atoms with Gasteiger partial charge < -0.3 is 11.5 Å². The third kappa shape index (κ3) is 2.73. The number of aromatic nitrogens is 1. The fourth-order valence-electron chi connectivity index (χ4n) is 1.15. The Balaban J connectivity index is 0.00000196. The highest BCUT2D eigenvalue weighted by Crippen LogP contribution is 2.36. The number of hydrogen-bond donors (Lipinski definition) is 2. The van der Waals surface area contributed by atoms with Crippen molar-refractivity contribution in [2.45, 2.75) is 19.6 Å². The summed E-state index contributed by atoms with van der Waals surface area (Å²) in [6, 6.07) is 0. The lowest BCUT2D eigenvalue weighted by Crippen LogP contribution is -2.16. The molecule has 3 nitrogen and oxygen atoms in total. The van der Waals surface area contributed by atoms with Gasteiger partial charge in [-0.2, -0.15) is 13.2 Å². The molecule has 86 valence electrons. The minimum absolute atomic E-state index is 0. The van der Waals surface area contributed by atoms with Gasteiger partial charge in [0.25, 0.3) is 0 Å². The van der Waals surface area contributed by atoms with Gasteiger partial charge in [-0.05, 0) is 12.5 Å². The van der Waals surface area contributed by atoms with Crippen LogP contribution in [0.15, 0.2) is 6.20 Å². The van der Waals surface area contributed by atoms with E-state index < -0.39 is 11.7 Å². The molecule has 0 aromatic carbocycles. The normalized spacial score (nSPS) is 11.0. The van der Waals surface area contributed by atoms with Crippen LogP contribution in [-0.2, 0) is 12.7 Å². The molecule has 1 aromatic heterocycles. The summed E-state index contributed by atoms with van der Waals surface area (Å²) in [5.74, 6) is 0. The van der Waals surface area contributed by atoms with E-state index in [1.807, 2.05) is 0 Å². The van der Waals surface area contributed by atoms with Crippen molar-refractivity contribution in [2.24, 2.45) is 5.73 Å². The Morgan fingerprint density at radius 3 is 2.33 bits per heavy atom. The predicted molar refractivity (Wildman–Crippen MR) is 53.5 cm³/mol. The molecule has 0 unspecified atom stereocenters. The summed E-state index contributed by atoms with van der Waals surface area (Å²) in [5.41, 5.74) is 9.34. The summed E-state index contributed by atoms with van der Waals surface area (Å²) in [7, 11) is 0. The first kappa shape index (κ1) is 14.0. The Labute approximate surface area is 91.1 Å². The zero-order chi connectivity index (χ0) is 10.9. The smallest absolute Gasteiger partial charge is 0.397 e. The molecule has 0 bridgehead atoms. The van der Waals surface area contributed by atoms with Crippen molar-refractivity contribution in [3.8, 4) is 0 Å². The van der Waals surface area contributed by atoms with E-state index in [2.05, 4.69) is 4.98 Å². The molecule has 0 aliphatic carbocycles. The molecule has 7 heteroatoms. The van der Waals surface area contributed by atoms with Crippen molar-refractivity contribution < 1.29 is 13.2 Å². The van der Waals surface area contributed by atoms with Crippen LogP contribution in [0.4, 0.5) is 18.9 Å². The largest absolute Gasteiger partial charge is 0.418 e. The third-order valence-corrected chi connectivity index (χ3v) is 1.90. The van der Waals surface area contributed by atoms with Crippen LogP contribution < -0.4 is 11.5 Å². The minimum Gasteiger partial charge on any atom is -0.397 e. The van der Waals surface area contributed by atoms with E-state index >= 15 is 0 Å². The van der Waals surface area contributed by atoms with Gasteiger partial charge in [0.2, 0.25) is 0 Å². The fourth-order valence-corrected chi connectivity index (χ4v) is 1.15. The fraction of sp³-hybridized carbons (Fsp3) is 0.375. The first-order valence-electron chi connectivity index (χ1n) is 3.89. The first-order chi connectivity index (χ1) is 6.38. The number of nitrogen functional groups attached to an aromatic ring is 1. The Morgan fingerprint density at radius 2 is 1.93 bits per heavy atom. The van der Waals surface area contributed by atoms with Gasteiger partial charge in [-0.15, -0.1) is 12.4 Å². The number of anilines is 1. The molecule has 0 radical (unpaired) electrons. The lowest BCUT2D eigenvalue weighted by Gasteiger charge is -2.15. The predicted octanol–water partition coefficient (Wildman–Crippen LogP) is 1.87. The highest BCUT2D eigenvalue weighted by molar-refractivity contribution is 5.85. The van der Waals surface area contributed by atoms with Gasteiger partial charge in [0.1, 0.15) is 0 Å². The average Bonchev–Trinajstić information content (AvgIpc) is 2.07.